The van der Waals surface area contributed by atoms with Gasteiger partial charge in [0.2, 0.25) is 0 Å². The van der Waals surface area contributed by atoms with Crippen LogP contribution in [0.3, 0.4) is 0 Å². The number of hydrogen-bond acceptors (Lipinski definition) is 2. The largest absolute Gasteiger partial charge is 0.444 e. The highest BCUT2D eigenvalue weighted by molar-refractivity contribution is 6.75. The average Bonchev–Trinajstić information content (AvgIpc) is 2.42. The highest BCUT2D eigenvalue weighted by Gasteiger charge is 2.21. The second kappa shape index (κ2) is 3.24. The van der Waals surface area contributed by atoms with Gasteiger partial charge in [-0.1, -0.05) is 18.2 Å². The number of rotatable bonds is 1. The Morgan fingerprint density at radius 3 is 2.57 bits per heavy atom. The molecule has 1 aliphatic heterocycles. The third-order valence-electron chi connectivity index (χ3n) is 2.00. The maximum Gasteiger partial charge on any atom is 0.185 e. The van der Waals surface area contributed by atoms with E-state index < -0.39 is 8.24 Å². The lowest BCUT2D eigenvalue weighted by Crippen LogP contribution is -2.21. The van der Waals surface area contributed by atoms with Gasteiger partial charge in [-0.15, -0.1) is 0 Å². The first-order valence-corrected chi connectivity index (χ1v) is 8.34. The monoisotopic (exact) mass is 205 g/mol. The molecule has 0 bridgehead atoms. The minimum absolute atomic E-state index is 0.862. The second-order valence-corrected chi connectivity index (χ2v) is 9.13. The van der Waals surface area contributed by atoms with Crippen molar-refractivity contribution in [3.8, 4) is 5.75 Å². The van der Waals surface area contributed by atoms with Gasteiger partial charge in [-0.3, -0.25) is 4.66 Å². The molecular weight excluding hydrogens is 190 g/mol. The van der Waals surface area contributed by atoms with Crippen LogP contribution in [-0.2, 0) is 6.42 Å². The Labute approximate surface area is 85.7 Å². The van der Waals surface area contributed by atoms with Crippen LogP contribution in [0.15, 0.2) is 28.9 Å². The van der Waals surface area contributed by atoms with E-state index in [9.17, 15) is 0 Å². The van der Waals surface area contributed by atoms with Crippen LogP contribution >= 0.6 is 0 Å². The summed E-state index contributed by atoms with van der Waals surface area (Å²) in [5.74, 6) is 1.87. The standard InChI is InChI=1S/C11H15NOSi/c1-14(2,3)12-11-8-9-6-4-5-7-10(9)13-11/h4-7H,8H2,1-3H3. The molecule has 2 nitrogen and oxygen atoms in total. The minimum Gasteiger partial charge on any atom is -0.444 e. The van der Waals surface area contributed by atoms with Crippen LogP contribution in [0, 0.1) is 0 Å². The number of benzene rings is 1. The summed E-state index contributed by atoms with van der Waals surface area (Å²) in [5.41, 5.74) is 1.25. The van der Waals surface area contributed by atoms with E-state index in [0.29, 0.717) is 0 Å². The maximum absolute atomic E-state index is 5.67. The first-order valence-electron chi connectivity index (χ1n) is 4.89. The number of ether oxygens (including phenoxy) is 1. The molecule has 0 saturated carbocycles. The van der Waals surface area contributed by atoms with Crippen LogP contribution in [0.4, 0.5) is 0 Å². The van der Waals surface area contributed by atoms with Gasteiger partial charge in [0.05, 0.1) is 6.42 Å². The predicted octanol–water partition coefficient (Wildman–Crippen LogP) is 2.85. The predicted molar refractivity (Wildman–Crippen MR) is 61.6 cm³/mol. The highest BCUT2D eigenvalue weighted by atomic mass is 28.3. The van der Waals surface area contributed by atoms with E-state index in [-0.39, 0.29) is 0 Å². The van der Waals surface area contributed by atoms with Gasteiger partial charge in [0.25, 0.3) is 0 Å². The number of hydrogen-bond donors (Lipinski definition) is 0. The van der Waals surface area contributed by atoms with Crippen molar-refractivity contribution >= 4 is 14.1 Å². The van der Waals surface area contributed by atoms with Gasteiger partial charge in [0, 0.05) is 5.56 Å². The van der Waals surface area contributed by atoms with Crippen molar-refractivity contribution in [1.82, 2.24) is 0 Å². The van der Waals surface area contributed by atoms with E-state index in [1.54, 1.807) is 0 Å². The molecule has 0 radical (unpaired) electrons. The third kappa shape index (κ3) is 2.04. The number of fused-ring (bicyclic) bond motifs is 1. The molecule has 1 heterocycles. The normalized spacial score (nSPS) is 18.1. The summed E-state index contributed by atoms with van der Waals surface area (Å²) in [4.78, 5) is 0. The molecule has 0 spiro atoms. The zero-order valence-electron chi connectivity index (χ0n) is 8.87. The smallest absolute Gasteiger partial charge is 0.185 e. The van der Waals surface area contributed by atoms with Crippen molar-refractivity contribution in [2.75, 3.05) is 0 Å². The van der Waals surface area contributed by atoms with Gasteiger partial charge in [-0.2, -0.15) is 0 Å². The fourth-order valence-electron chi connectivity index (χ4n) is 1.51. The molecule has 0 aromatic heterocycles. The highest BCUT2D eigenvalue weighted by Crippen LogP contribution is 2.26. The fourth-order valence-corrected chi connectivity index (χ4v) is 2.38. The Balaban J connectivity index is 2.24. The molecule has 1 aliphatic rings. The Morgan fingerprint density at radius 2 is 1.93 bits per heavy atom. The molecule has 2 rings (SSSR count). The van der Waals surface area contributed by atoms with Crippen LogP contribution in [0.2, 0.25) is 19.6 Å². The summed E-state index contributed by atoms with van der Waals surface area (Å²) in [7, 11) is -1.40. The summed E-state index contributed by atoms with van der Waals surface area (Å²) in [6, 6.07) is 8.14. The van der Waals surface area contributed by atoms with Gasteiger partial charge >= 0.3 is 0 Å². The fraction of sp³-hybridized carbons (Fsp3) is 0.364. The molecule has 0 fully saturated rings. The third-order valence-corrected chi connectivity index (χ3v) is 2.92. The van der Waals surface area contributed by atoms with Crippen molar-refractivity contribution in [2.24, 2.45) is 4.66 Å². The molecule has 0 atom stereocenters. The first-order chi connectivity index (χ1) is 6.54. The van der Waals surface area contributed by atoms with Crippen LogP contribution in [0.25, 0.3) is 0 Å². The summed E-state index contributed by atoms with van der Waals surface area (Å²) in [6.45, 7) is 6.64. The van der Waals surface area contributed by atoms with Crippen LogP contribution in [0.5, 0.6) is 5.75 Å². The van der Waals surface area contributed by atoms with E-state index in [1.165, 1.54) is 5.56 Å². The lowest BCUT2D eigenvalue weighted by Gasteiger charge is -2.09. The van der Waals surface area contributed by atoms with Crippen molar-refractivity contribution in [3.05, 3.63) is 29.8 Å². The zero-order valence-corrected chi connectivity index (χ0v) is 9.87. The van der Waals surface area contributed by atoms with Crippen LogP contribution in [-0.4, -0.2) is 14.1 Å². The lowest BCUT2D eigenvalue weighted by atomic mass is 10.2. The van der Waals surface area contributed by atoms with Gasteiger partial charge < -0.3 is 4.74 Å². The van der Waals surface area contributed by atoms with E-state index >= 15 is 0 Å². The molecule has 74 valence electrons. The first kappa shape index (κ1) is 9.46. The Hall–Kier alpha value is -1.09. The second-order valence-electron chi connectivity index (χ2n) is 4.56. The van der Waals surface area contributed by atoms with Crippen molar-refractivity contribution in [2.45, 2.75) is 26.1 Å². The molecule has 0 saturated heterocycles. The molecule has 0 unspecified atom stereocenters. The molecule has 1 aromatic rings. The summed E-state index contributed by atoms with van der Waals surface area (Å²) < 4.78 is 10.3. The van der Waals surface area contributed by atoms with Gasteiger partial charge in [0.15, 0.2) is 14.1 Å². The number of nitrogens with zero attached hydrogens (tertiary/aromatic N) is 1. The summed E-state index contributed by atoms with van der Waals surface area (Å²) in [5, 5.41) is 0. The molecular formula is C11H15NOSi. The Bertz CT molecular complexity index is 352. The summed E-state index contributed by atoms with van der Waals surface area (Å²) >= 11 is 0. The Kier molecular flexibility index (Phi) is 2.19. The SMILES string of the molecule is C[Si](C)(C)N=C1Cc2ccccc2O1. The zero-order chi connectivity index (χ0) is 10.2. The van der Waals surface area contributed by atoms with Crippen molar-refractivity contribution in [1.29, 1.82) is 0 Å². The van der Waals surface area contributed by atoms with Gasteiger partial charge in [0.1, 0.15) is 5.75 Å². The molecule has 0 aliphatic carbocycles. The van der Waals surface area contributed by atoms with Gasteiger partial charge in [-0.05, 0) is 25.7 Å². The topological polar surface area (TPSA) is 21.6 Å². The lowest BCUT2D eigenvalue weighted by molar-refractivity contribution is 0.566. The van der Waals surface area contributed by atoms with E-state index in [0.717, 1.165) is 18.1 Å². The maximum atomic E-state index is 5.67. The number of para-hydroxylation sites is 1. The van der Waals surface area contributed by atoms with E-state index in [4.69, 9.17) is 4.74 Å². The van der Waals surface area contributed by atoms with E-state index in [1.807, 2.05) is 18.2 Å². The Morgan fingerprint density at radius 1 is 1.21 bits per heavy atom. The van der Waals surface area contributed by atoms with Gasteiger partial charge in [-0.25, -0.2) is 0 Å². The van der Waals surface area contributed by atoms with Crippen molar-refractivity contribution < 1.29 is 4.74 Å². The molecule has 0 N–H and O–H groups in total. The van der Waals surface area contributed by atoms with Crippen molar-refractivity contribution in [3.63, 3.8) is 0 Å². The molecule has 14 heavy (non-hydrogen) atoms. The molecule has 0 amide bonds. The average molecular weight is 205 g/mol. The quantitative estimate of drug-likeness (QED) is 0.646. The molecule has 3 heteroatoms. The minimum atomic E-state index is -1.40. The van der Waals surface area contributed by atoms with Crippen LogP contribution < -0.4 is 4.74 Å². The molecule has 1 aromatic carbocycles. The summed E-state index contributed by atoms with van der Waals surface area (Å²) in [6.07, 6.45) is 0.862. The van der Waals surface area contributed by atoms with E-state index in [2.05, 4.69) is 30.4 Å². The van der Waals surface area contributed by atoms with Crippen LogP contribution in [0.1, 0.15) is 5.56 Å².